The van der Waals surface area contributed by atoms with Gasteiger partial charge in [-0.3, -0.25) is 9.69 Å². The molecule has 1 saturated heterocycles. The van der Waals surface area contributed by atoms with E-state index in [0.29, 0.717) is 43.1 Å². The lowest BCUT2D eigenvalue weighted by atomic mass is 10.1. The first-order valence-electron chi connectivity index (χ1n) is 12.0. The smallest absolute Gasteiger partial charge is 0.254 e. The number of benzene rings is 3. The van der Waals surface area contributed by atoms with Gasteiger partial charge in [0.1, 0.15) is 11.5 Å². The first-order valence-corrected chi connectivity index (χ1v) is 12.0. The lowest BCUT2D eigenvalue weighted by Crippen LogP contribution is -2.49. The highest BCUT2D eigenvalue weighted by Gasteiger charge is 2.25. The van der Waals surface area contributed by atoms with Crippen LogP contribution >= 0.6 is 0 Å². The highest BCUT2D eigenvalue weighted by atomic mass is 16.5. The monoisotopic (exact) mass is 485 g/mol. The quantitative estimate of drug-likeness (QED) is 0.450. The second-order valence-corrected chi connectivity index (χ2v) is 8.71. The SMILES string of the molecule is COc1cccc(C(=O)N2CCN(CC(OCc3ccc(C#N)cc3)c3cccc(OC)c3)CC2)c1. The maximum atomic E-state index is 13.0. The fourth-order valence-electron chi connectivity index (χ4n) is 4.28. The minimum Gasteiger partial charge on any atom is -0.497 e. The van der Waals surface area contributed by atoms with Crippen LogP contribution in [0.5, 0.6) is 11.5 Å². The molecular weight excluding hydrogens is 454 g/mol. The van der Waals surface area contributed by atoms with E-state index in [2.05, 4.69) is 17.0 Å². The van der Waals surface area contributed by atoms with E-state index in [1.807, 2.05) is 53.4 Å². The third-order valence-corrected chi connectivity index (χ3v) is 6.40. The summed E-state index contributed by atoms with van der Waals surface area (Å²) < 4.78 is 17.1. The molecule has 0 bridgehead atoms. The van der Waals surface area contributed by atoms with Crippen LogP contribution in [0.3, 0.4) is 0 Å². The number of carbonyl (C=O) groups excluding carboxylic acids is 1. The third-order valence-electron chi connectivity index (χ3n) is 6.40. The second kappa shape index (κ2) is 12.2. The van der Waals surface area contributed by atoms with Gasteiger partial charge in [-0.05, 0) is 53.6 Å². The topological polar surface area (TPSA) is 75.0 Å². The predicted molar refractivity (Wildman–Crippen MR) is 137 cm³/mol. The second-order valence-electron chi connectivity index (χ2n) is 8.71. The fourth-order valence-corrected chi connectivity index (χ4v) is 4.28. The summed E-state index contributed by atoms with van der Waals surface area (Å²) in [5, 5.41) is 9.04. The van der Waals surface area contributed by atoms with E-state index in [1.54, 1.807) is 32.4 Å². The van der Waals surface area contributed by atoms with Crippen LogP contribution < -0.4 is 9.47 Å². The van der Waals surface area contributed by atoms with E-state index < -0.39 is 0 Å². The third kappa shape index (κ3) is 6.42. The number of hydrogen-bond donors (Lipinski definition) is 0. The van der Waals surface area contributed by atoms with Gasteiger partial charge >= 0.3 is 0 Å². The molecule has 36 heavy (non-hydrogen) atoms. The summed E-state index contributed by atoms with van der Waals surface area (Å²) in [6.07, 6.45) is -0.170. The maximum absolute atomic E-state index is 13.0. The molecule has 3 aromatic rings. The van der Waals surface area contributed by atoms with Crippen molar-refractivity contribution in [1.29, 1.82) is 5.26 Å². The molecule has 7 nitrogen and oxygen atoms in total. The Morgan fingerprint density at radius 1 is 0.917 bits per heavy atom. The molecule has 186 valence electrons. The van der Waals surface area contributed by atoms with Crippen molar-refractivity contribution in [2.24, 2.45) is 0 Å². The minimum atomic E-state index is -0.170. The Kier molecular flexibility index (Phi) is 8.56. The van der Waals surface area contributed by atoms with Crippen molar-refractivity contribution in [3.63, 3.8) is 0 Å². The zero-order valence-corrected chi connectivity index (χ0v) is 20.7. The molecule has 1 unspecified atom stereocenters. The van der Waals surface area contributed by atoms with Gasteiger partial charge in [0.15, 0.2) is 0 Å². The summed E-state index contributed by atoms with van der Waals surface area (Å²) in [6, 6.07) is 24.8. The van der Waals surface area contributed by atoms with Gasteiger partial charge in [-0.25, -0.2) is 0 Å². The van der Waals surface area contributed by atoms with Gasteiger partial charge in [-0.2, -0.15) is 5.26 Å². The molecule has 0 aromatic heterocycles. The van der Waals surface area contributed by atoms with Crippen LogP contribution in [-0.4, -0.2) is 62.7 Å². The molecule has 0 aliphatic carbocycles. The van der Waals surface area contributed by atoms with Crippen molar-refractivity contribution >= 4 is 5.91 Å². The van der Waals surface area contributed by atoms with Gasteiger partial charge in [0.05, 0.1) is 38.6 Å². The number of rotatable bonds is 9. The molecule has 1 heterocycles. The van der Waals surface area contributed by atoms with Crippen LogP contribution in [0.4, 0.5) is 0 Å². The molecule has 0 radical (unpaired) electrons. The molecule has 0 spiro atoms. The molecule has 0 N–H and O–H groups in total. The van der Waals surface area contributed by atoms with Crippen molar-refractivity contribution in [3.05, 3.63) is 95.1 Å². The Morgan fingerprint density at radius 2 is 1.58 bits per heavy atom. The van der Waals surface area contributed by atoms with E-state index in [1.165, 1.54) is 0 Å². The van der Waals surface area contributed by atoms with Crippen LogP contribution in [-0.2, 0) is 11.3 Å². The molecule has 1 fully saturated rings. The number of methoxy groups -OCH3 is 2. The summed E-state index contributed by atoms with van der Waals surface area (Å²) in [7, 11) is 3.26. The summed E-state index contributed by atoms with van der Waals surface area (Å²) >= 11 is 0. The first kappa shape index (κ1) is 25.2. The van der Waals surface area contributed by atoms with Crippen LogP contribution in [0.2, 0.25) is 0 Å². The summed E-state index contributed by atoms with van der Waals surface area (Å²) in [6.45, 7) is 3.95. The van der Waals surface area contributed by atoms with Gasteiger partial charge in [-0.1, -0.05) is 30.3 Å². The van der Waals surface area contributed by atoms with Crippen LogP contribution in [0.15, 0.2) is 72.8 Å². The maximum Gasteiger partial charge on any atom is 0.254 e. The lowest BCUT2D eigenvalue weighted by molar-refractivity contribution is 0.00333. The van der Waals surface area contributed by atoms with Crippen LogP contribution in [0.1, 0.15) is 33.2 Å². The summed E-state index contributed by atoms with van der Waals surface area (Å²) in [4.78, 5) is 17.2. The van der Waals surface area contributed by atoms with E-state index in [9.17, 15) is 4.79 Å². The molecule has 0 saturated carbocycles. The Hall–Kier alpha value is -3.86. The van der Waals surface area contributed by atoms with Crippen molar-refractivity contribution in [1.82, 2.24) is 9.80 Å². The fraction of sp³-hybridized carbons (Fsp3) is 0.310. The summed E-state index contributed by atoms with van der Waals surface area (Å²) in [5.74, 6) is 1.49. The summed E-state index contributed by atoms with van der Waals surface area (Å²) in [5.41, 5.74) is 3.32. The molecule has 4 rings (SSSR count). The Balaban J connectivity index is 1.40. The van der Waals surface area contributed by atoms with E-state index in [4.69, 9.17) is 19.5 Å². The van der Waals surface area contributed by atoms with Gasteiger partial charge in [-0.15, -0.1) is 0 Å². The standard InChI is InChI=1S/C29H31N3O4/c1-34-26-7-3-5-24(17-26)28(36-21-23-11-9-22(19-30)10-12-23)20-31-13-15-32(16-14-31)29(33)25-6-4-8-27(18-25)35-2/h3-12,17-18,28H,13-16,20-21H2,1-2H3. The molecule has 3 aromatic carbocycles. The molecular formula is C29H31N3O4. The number of hydrogen-bond acceptors (Lipinski definition) is 6. The number of nitriles is 1. The highest BCUT2D eigenvalue weighted by molar-refractivity contribution is 5.94. The number of amides is 1. The van der Waals surface area contributed by atoms with Gasteiger partial charge in [0.25, 0.3) is 5.91 Å². The van der Waals surface area contributed by atoms with E-state index >= 15 is 0 Å². The Morgan fingerprint density at radius 3 is 2.25 bits per heavy atom. The van der Waals surface area contributed by atoms with E-state index in [0.717, 1.165) is 30.0 Å². The minimum absolute atomic E-state index is 0.0231. The highest BCUT2D eigenvalue weighted by Crippen LogP contribution is 2.25. The molecule has 1 amide bonds. The lowest BCUT2D eigenvalue weighted by Gasteiger charge is -2.36. The number of ether oxygens (including phenoxy) is 3. The molecule has 1 aliphatic rings. The number of carbonyl (C=O) groups is 1. The van der Waals surface area contributed by atoms with E-state index in [-0.39, 0.29) is 12.0 Å². The van der Waals surface area contributed by atoms with Crippen LogP contribution in [0, 0.1) is 11.3 Å². The molecule has 1 aliphatic heterocycles. The average Bonchev–Trinajstić information content (AvgIpc) is 2.95. The van der Waals surface area contributed by atoms with Crippen molar-refractivity contribution in [2.45, 2.75) is 12.7 Å². The zero-order chi connectivity index (χ0) is 25.3. The predicted octanol–water partition coefficient (Wildman–Crippen LogP) is 4.29. The van der Waals surface area contributed by atoms with Crippen molar-refractivity contribution < 1.29 is 19.0 Å². The molecule has 7 heteroatoms. The average molecular weight is 486 g/mol. The van der Waals surface area contributed by atoms with Gasteiger partial charge in [0.2, 0.25) is 0 Å². The number of nitrogens with zero attached hydrogens (tertiary/aromatic N) is 3. The Bertz CT molecular complexity index is 1200. The van der Waals surface area contributed by atoms with Crippen molar-refractivity contribution in [3.8, 4) is 17.6 Å². The first-order chi connectivity index (χ1) is 17.6. The van der Waals surface area contributed by atoms with Crippen molar-refractivity contribution in [2.75, 3.05) is 46.9 Å². The van der Waals surface area contributed by atoms with Gasteiger partial charge in [0, 0.05) is 38.3 Å². The van der Waals surface area contributed by atoms with Gasteiger partial charge < -0.3 is 19.1 Å². The van der Waals surface area contributed by atoms with Crippen LogP contribution in [0.25, 0.3) is 0 Å². The number of piperazine rings is 1. The molecule has 1 atom stereocenters. The largest absolute Gasteiger partial charge is 0.497 e. The Labute approximate surface area is 212 Å². The normalized spacial score (nSPS) is 14.6. The zero-order valence-electron chi connectivity index (χ0n) is 20.7.